The molecule has 0 spiro atoms. The third kappa shape index (κ3) is 4.84. The number of aromatic nitrogens is 2. The summed E-state index contributed by atoms with van der Waals surface area (Å²) in [5.74, 6) is 1.30. The van der Waals surface area contributed by atoms with E-state index in [1.807, 2.05) is 78.2 Å². The number of carbonyl (C=O) groups is 1. The first-order valence-electron chi connectivity index (χ1n) is 11.6. The third-order valence-electron chi connectivity index (χ3n) is 5.94. The summed E-state index contributed by atoms with van der Waals surface area (Å²) < 4.78 is 19.1. The molecular weight excluding hydrogens is 444 g/mol. The Morgan fingerprint density at radius 1 is 0.943 bits per heavy atom. The number of ether oxygens (including phenoxy) is 2. The van der Waals surface area contributed by atoms with Crippen molar-refractivity contribution in [2.45, 2.75) is 26.3 Å². The molecule has 0 bridgehead atoms. The van der Waals surface area contributed by atoms with Crippen LogP contribution in [0.1, 0.15) is 18.4 Å². The Balaban J connectivity index is 1.20. The van der Waals surface area contributed by atoms with E-state index in [0.717, 1.165) is 57.3 Å². The number of carboxylic acid groups (broad SMARTS) is 1. The van der Waals surface area contributed by atoms with Gasteiger partial charge in [-0.2, -0.15) is 0 Å². The minimum absolute atomic E-state index is 0.0973. The van der Waals surface area contributed by atoms with E-state index in [2.05, 4.69) is 5.16 Å². The minimum Gasteiger partial charge on any atom is -0.494 e. The molecule has 0 aliphatic carbocycles. The SMILES string of the molecule is Cc1ccc(OCCCCOc2ccc3c4ccccc4n(CC(=O)O)c3c2)c(-c2ccno2)c1. The molecule has 0 unspecified atom stereocenters. The quantitative estimate of drug-likeness (QED) is 0.249. The molecule has 2 heterocycles. The molecule has 0 atom stereocenters. The molecule has 35 heavy (non-hydrogen) atoms. The molecule has 7 nitrogen and oxygen atoms in total. The molecule has 0 aliphatic heterocycles. The highest BCUT2D eigenvalue weighted by atomic mass is 16.5. The van der Waals surface area contributed by atoms with Gasteiger partial charge >= 0.3 is 5.97 Å². The predicted octanol–water partition coefficient (Wildman–Crippen LogP) is 6.08. The number of benzene rings is 3. The summed E-state index contributed by atoms with van der Waals surface area (Å²) in [6.07, 6.45) is 3.27. The monoisotopic (exact) mass is 470 g/mol. The number of nitrogens with zero attached hydrogens (tertiary/aromatic N) is 2. The second-order valence-electron chi connectivity index (χ2n) is 8.46. The van der Waals surface area contributed by atoms with Crippen LogP contribution in [0.25, 0.3) is 33.1 Å². The number of rotatable bonds is 10. The van der Waals surface area contributed by atoms with Crippen LogP contribution >= 0.6 is 0 Å². The van der Waals surface area contributed by atoms with Gasteiger partial charge in [0.25, 0.3) is 0 Å². The van der Waals surface area contributed by atoms with Crippen molar-refractivity contribution in [2.75, 3.05) is 13.2 Å². The van der Waals surface area contributed by atoms with Gasteiger partial charge in [-0.15, -0.1) is 0 Å². The van der Waals surface area contributed by atoms with Crippen LogP contribution in [0.4, 0.5) is 0 Å². The van der Waals surface area contributed by atoms with Gasteiger partial charge in [-0.25, -0.2) is 0 Å². The number of fused-ring (bicyclic) bond motifs is 3. The van der Waals surface area contributed by atoms with Crippen molar-refractivity contribution in [3.8, 4) is 22.8 Å². The summed E-state index contributed by atoms with van der Waals surface area (Å²) in [5.41, 5.74) is 3.77. The Morgan fingerprint density at radius 3 is 2.54 bits per heavy atom. The van der Waals surface area contributed by atoms with Gasteiger partial charge in [-0.1, -0.05) is 35.0 Å². The van der Waals surface area contributed by atoms with E-state index in [-0.39, 0.29) is 6.54 Å². The highest BCUT2D eigenvalue weighted by Gasteiger charge is 2.14. The molecule has 5 aromatic rings. The Morgan fingerprint density at radius 2 is 1.74 bits per heavy atom. The maximum Gasteiger partial charge on any atom is 0.323 e. The first-order valence-corrected chi connectivity index (χ1v) is 11.6. The maximum absolute atomic E-state index is 11.4. The standard InChI is InChI=1S/C28H26N2O5/c1-19-8-11-26(23(16-19)27-12-13-29-35-27)34-15-5-4-14-33-20-9-10-22-21-6-2-3-7-24(21)30(18-28(31)32)25(22)17-20/h2-3,6-13,16-17H,4-5,14-15,18H2,1H3,(H,31,32). The molecule has 0 saturated carbocycles. The van der Waals surface area contributed by atoms with Gasteiger partial charge in [0, 0.05) is 28.4 Å². The zero-order valence-electron chi connectivity index (χ0n) is 19.4. The zero-order valence-corrected chi connectivity index (χ0v) is 19.4. The van der Waals surface area contributed by atoms with Crippen molar-refractivity contribution >= 4 is 27.8 Å². The lowest BCUT2D eigenvalue weighted by atomic mass is 10.1. The van der Waals surface area contributed by atoms with E-state index in [1.165, 1.54) is 0 Å². The van der Waals surface area contributed by atoms with E-state index in [1.54, 1.807) is 6.20 Å². The molecule has 5 rings (SSSR count). The summed E-state index contributed by atoms with van der Waals surface area (Å²) in [6.45, 7) is 3.02. The summed E-state index contributed by atoms with van der Waals surface area (Å²) in [5, 5.41) is 15.2. The van der Waals surface area contributed by atoms with Crippen molar-refractivity contribution < 1.29 is 23.9 Å². The summed E-state index contributed by atoms with van der Waals surface area (Å²) in [7, 11) is 0. The van der Waals surface area contributed by atoms with Gasteiger partial charge in [0.1, 0.15) is 18.0 Å². The van der Waals surface area contributed by atoms with Gasteiger partial charge in [0.15, 0.2) is 5.76 Å². The average Bonchev–Trinajstić information content (AvgIpc) is 3.49. The van der Waals surface area contributed by atoms with Crippen LogP contribution in [0.15, 0.2) is 77.4 Å². The molecule has 7 heteroatoms. The molecule has 0 fully saturated rings. The second-order valence-corrected chi connectivity index (χ2v) is 8.46. The smallest absolute Gasteiger partial charge is 0.323 e. The van der Waals surface area contributed by atoms with Crippen LogP contribution in [0, 0.1) is 6.92 Å². The molecule has 0 amide bonds. The lowest BCUT2D eigenvalue weighted by Crippen LogP contribution is -2.08. The highest BCUT2D eigenvalue weighted by molar-refractivity contribution is 6.08. The fraction of sp³-hybridized carbons (Fsp3) is 0.214. The third-order valence-corrected chi connectivity index (χ3v) is 5.94. The fourth-order valence-corrected chi connectivity index (χ4v) is 4.32. The van der Waals surface area contributed by atoms with Crippen LogP contribution in [0.3, 0.4) is 0 Å². The number of hydrogen-bond acceptors (Lipinski definition) is 5. The lowest BCUT2D eigenvalue weighted by Gasteiger charge is -2.11. The van der Waals surface area contributed by atoms with E-state index >= 15 is 0 Å². The van der Waals surface area contributed by atoms with E-state index in [0.29, 0.717) is 19.0 Å². The molecule has 0 saturated heterocycles. The fourth-order valence-electron chi connectivity index (χ4n) is 4.32. The van der Waals surface area contributed by atoms with Crippen LogP contribution in [0.5, 0.6) is 11.5 Å². The van der Waals surface area contributed by atoms with Crippen LogP contribution in [-0.4, -0.2) is 34.0 Å². The maximum atomic E-state index is 11.4. The molecule has 0 aliphatic rings. The minimum atomic E-state index is -0.876. The number of para-hydroxylation sites is 1. The molecule has 2 aromatic heterocycles. The summed E-state index contributed by atoms with van der Waals surface area (Å²) in [6, 6.07) is 21.5. The van der Waals surface area contributed by atoms with Crippen molar-refractivity contribution in [3.05, 3.63) is 78.5 Å². The molecule has 0 radical (unpaired) electrons. The summed E-state index contributed by atoms with van der Waals surface area (Å²) >= 11 is 0. The topological polar surface area (TPSA) is 86.7 Å². The molecule has 1 N–H and O–H groups in total. The Kier molecular flexibility index (Phi) is 6.39. The van der Waals surface area contributed by atoms with Gasteiger partial charge in [-0.05, 0) is 50.1 Å². The van der Waals surface area contributed by atoms with E-state index < -0.39 is 5.97 Å². The largest absolute Gasteiger partial charge is 0.494 e. The van der Waals surface area contributed by atoms with Crippen molar-refractivity contribution in [1.82, 2.24) is 9.72 Å². The number of aliphatic carboxylic acids is 1. The van der Waals surface area contributed by atoms with Gasteiger partial charge < -0.3 is 23.7 Å². The van der Waals surface area contributed by atoms with E-state index in [4.69, 9.17) is 14.0 Å². The predicted molar refractivity (Wildman–Crippen MR) is 134 cm³/mol. The number of aryl methyl sites for hydroxylation is 1. The number of unbranched alkanes of at least 4 members (excludes halogenated alkanes) is 1. The molecule has 178 valence electrons. The Hall–Kier alpha value is -4.26. The van der Waals surface area contributed by atoms with Crippen LogP contribution in [-0.2, 0) is 11.3 Å². The molecular formula is C28H26N2O5. The Labute approximate surface area is 202 Å². The van der Waals surface area contributed by atoms with Gasteiger partial charge in [0.2, 0.25) is 0 Å². The average molecular weight is 471 g/mol. The van der Waals surface area contributed by atoms with Crippen molar-refractivity contribution in [2.24, 2.45) is 0 Å². The second kappa shape index (κ2) is 9.93. The van der Waals surface area contributed by atoms with Crippen LogP contribution < -0.4 is 9.47 Å². The summed E-state index contributed by atoms with van der Waals surface area (Å²) in [4.78, 5) is 11.4. The highest BCUT2D eigenvalue weighted by Crippen LogP contribution is 2.32. The van der Waals surface area contributed by atoms with Crippen molar-refractivity contribution in [1.29, 1.82) is 0 Å². The number of hydrogen-bond donors (Lipinski definition) is 1. The Bertz CT molecular complexity index is 1470. The first kappa shape index (κ1) is 22.5. The zero-order chi connectivity index (χ0) is 24.2. The van der Waals surface area contributed by atoms with E-state index in [9.17, 15) is 9.90 Å². The van der Waals surface area contributed by atoms with Gasteiger partial charge in [0.05, 0.1) is 30.5 Å². The van der Waals surface area contributed by atoms with Gasteiger partial charge in [-0.3, -0.25) is 4.79 Å². The van der Waals surface area contributed by atoms with Crippen molar-refractivity contribution in [3.63, 3.8) is 0 Å². The van der Waals surface area contributed by atoms with Crippen LogP contribution in [0.2, 0.25) is 0 Å². The number of carboxylic acids is 1. The molecule has 3 aromatic carbocycles. The lowest BCUT2D eigenvalue weighted by molar-refractivity contribution is -0.137. The normalized spacial score (nSPS) is 11.2. The first-order chi connectivity index (χ1) is 17.1.